The first-order valence-corrected chi connectivity index (χ1v) is 8.67. The molecule has 1 aromatic carbocycles. The number of H-pyrrole nitrogens is 1. The monoisotopic (exact) mass is 341 g/mol. The van der Waals surface area contributed by atoms with Crippen molar-refractivity contribution in [1.29, 1.82) is 0 Å². The van der Waals surface area contributed by atoms with Crippen molar-refractivity contribution >= 4 is 28.5 Å². The van der Waals surface area contributed by atoms with Crippen LogP contribution in [0.1, 0.15) is 19.8 Å². The van der Waals surface area contributed by atoms with Crippen LogP contribution in [0, 0.1) is 0 Å². The first kappa shape index (κ1) is 15.4. The highest BCUT2D eigenvalue weighted by Gasteiger charge is 2.19. The summed E-state index contributed by atoms with van der Waals surface area (Å²) >= 11 is 6.37. The maximum Gasteiger partial charge on any atom is 0.223 e. The van der Waals surface area contributed by atoms with E-state index in [1.54, 1.807) is 6.20 Å². The smallest absolute Gasteiger partial charge is 0.223 e. The maximum atomic E-state index is 6.37. The van der Waals surface area contributed by atoms with Gasteiger partial charge in [-0.1, -0.05) is 29.8 Å². The van der Waals surface area contributed by atoms with E-state index in [9.17, 15) is 0 Å². The molecule has 1 fully saturated rings. The minimum atomic E-state index is 0.346. The van der Waals surface area contributed by atoms with Crippen molar-refractivity contribution in [2.24, 2.45) is 0 Å². The first-order valence-electron chi connectivity index (χ1n) is 8.29. The molecule has 4 rings (SSSR count). The predicted octanol–water partition coefficient (Wildman–Crippen LogP) is 3.83. The molecule has 0 bridgehead atoms. The average molecular weight is 342 g/mol. The number of benzene rings is 1. The molecule has 0 aliphatic carbocycles. The van der Waals surface area contributed by atoms with Gasteiger partial charge in [0.15, 0.2) is 0 Å². The van der Waals surface area contributed by atoms with Gasteiger partial charge in [0, 0.05) is 41.3 Å². The molecule has 3 heterocycles. The summed E-state index contributed by atoms with van der Waals surface area (Å²) in [6.07, 6.45) is 5.89. The third-order valence-electron chi connectivity index (χ3n) is 4.58. The van der Waals surface area contributed by atoms with Crippen molar-refractivity contribution in [1.82, 2.24) is 20.3 Å². The molecular formula is C18H20ClN5. The van der Waals surface area contributed by atoms with Gasteiger partial charge in [-0.2, -0.15) is 0 Å². The quantitative estimate of drug-likeness (QED) is 0.677. The van der Waals surface area contributed by atoms with E-state index in [-0.39, 0.29) is 0 Å². The first-order chi connectivity index (χ1) is 11.7. The van der Waals surface area contributed by atoms with Crippen molar-refractivity contribution < 1.29 is 0 Å². The number of piperidine rings is 1. The zero-order valence-corrected chi connectivity index (χ0v) is 14.3. The van der Waals surface area contributed by atoms with Crippen molar-refractivity contribution in [3.8, 4) is 11.3 Å². The highest BCUT2D eigenvalue weighted by atomic mass is 35.5. The van der Waals surface area contributed by atoms with Gasteiger partial charge < -0.3 is 15.6 Å². The third kappa shape index (κ3) is 2.97. The van der Waals surface area contributed by atoms with Crippen molar-refractivity contribution in [3.63, 3.8) is 0 Å². The number of para-hydroxylation sites is 1. The summed E-state index contributed by atoms with van der Waals surface area (Å²) in [6, 6.07) is 9.06. The molecule has 24 heavy (non-hydrogen) atoms. The fraction of sp³-hybridized carbons (Fsp3) is 0.333. The molecule has 0 saturated carbocycles. The Balaban J connectivity index is 1.64. The standard InChI is InChI=1S/C18H20ClN5/c1-11-6-7-12(8-20-11)23-18-22-10-15(19)17(24-18)14-9-21-16-5-3-2-4-13(14)16/h2-5,9-12,20-21H,6-8H2,1H3,(H,22,23,24). The Hall–Kier alpha value is -2.11. The Labute approximate surface area is 145 Å². The van der Waals surface area contributed by atoms with E-state index in [0.717, 1.165) is 41.5 Å². The number of nitrogens with one attached hydrogen (secondary N) is 3. The SMILES string of the molecule is CC1CCC(Nc2ncc(Cl)c(-c3c[nH]c4ccccc34)n2)CN1. The van der Waals surface area contributed by atoms with Gasteiger partial charge in [0.2, 0.25) is 5.95 Å². The molecule has 5 nitrogen and oxygen atoms in total. The van der Waals surface area contributed by atoms with Crippen LogP contribution in [0.5, 0.6) is 0 Å². The van der Waals surface area contributed by atoms with E-state index in [2.05, 4.69) is 38.6 Å². The van der Waals surface area contributed by atoms with E-state index in [4.69, 9.17) is 11.6 Å². The van der Waals surface area contributed by atoms with Crippen LogP contribution < -0.4 is 10.6 Å². The molecule has 0 spiro atoms. The highest BCUT2D eigenvalue weighted by Crippen LogP contribution is 2.32. The Kier molecular flexibility index (Phi) is 4.12. The minimum absolute atomic E-state index is 0.346. The number of nitrogens with zero attached hydrogens (tertiary/aromatic N) is 2. The lowest BCUT2D eigenvalue weighted by Gasteiger charge is -2.28. The average Bonchev–Trinajstić information content (AvgIpc) is 3.03. The summed E-state index contributed by atoms with van der Waals surface area (Å²) in [6.45, 7) is 3.14. The Morgan fingerprint density at radius 2 is 2.12 bits per heavy atom. The Bertz CT molecular complexity index is 851. The minimum Gasteiger partial charge on any atom is -0.360 e. The number of hydrogen-bond donors (Lipinski definition) is 3. The van der Waals surface area contributed by atoms with Crippen molar-refractivity contribution in [2.45, 2.75) is 31.8 Å². The molecule has 3 aromatic rings. The van der Waals surface area contributed by atoms with Crippen LogP contribution in [0.3, 0.4) is 0 Å². The van der Waals surface area contributed by atoms with Gasteiger partial charge in [0.1, 0.15) is 0 Å². The summed E-state index contributed by atoms with van der Waals surface area (Å²) in [5, 5.41) is 8.57. The number of aromatic amines is 1. The van der Waals surface area contributed by atoms with E-state index in [1.165, 1.54) is 0 Å². The normalized spacial score (nSPS) is 21.1. The molecule has 0 radical (unpaired) electrons. The molecule has 1 aliphatic rings. The van der Waals surface area contributed by atoms with Crippen molar-refractivity contribution in [3.05, 3.63) is 41.7 Å². The lowest BCUT2D eigenvalue weighted by Crippen LogP contribution is -2.43. The molecule has 2 aromatic heterocycles. The molecule has 0 amide bonds. The zero-order valence-electron chi connectivity index (χ0n) is 13.5. The second-order valence-corrected chi connectivity index (χ2v) is 6.77. The lowest BCUT2D eigenvalue weighted by molar-refractivity contribution is 0.397. The number of hydrogen-bond acceptors (Lipinski definition) is 4. The molecular weight excluding hydrogens is 322 g/mol. The molecule has 2 unspecified atom stereocenters. The molecule has 1 aliphatic heterocycles. The maximum absolute atomic E-state index is 6.37. The van der Waals surface area contributed by atoms with Gasteiger partial charge in [-0.25, -0.2) is 9.97 Å². The second kappa shape index (κ2) is 6.42. The summed E-state index contributed by atoms with van der Waals surface area (Å²) in [4.78, 5) is 12.3. The summed E-state index contributed by atoms with van der Waals surface area (Å²) in [5.41, 5.74) is 2.82. The van der Waals surface area contributed by atoms with Crippen LogP contribution in [-0.4, -0.2) is 33.6 Å². The van der Waals surface area contributed by atoms with Crippen LogP contribution in [-0.2, 0) is 0 Å². The van der Waals surface area contributed by atoms with E-state index in [0.29, 0.717) is 23.1 Å². The summed E-state index contributed by atoms with van der Waals surface area (Å²) in [7, 11) is 0. The van der Waals surface area contributed by atoms with Crippen molar-refractivity contribution in [2.75, 3.05) is 11.9 Å². The van der Waals surface area contributed by atoms with Crippen LogP contribution >= 0.6 is 11.6 Å². The number of fused-ring (bicyclic) bond motifs is 1. The van der Waals surface area contributed by atoms with Crippen LogP contribution in [0.15, 0.2) is 36.7 Å². The van der Waals surface area contributed by atoms with E-state index >= 15 is 0 Å². The van der Waals surface area contributed by atoms with E-state index in [1.807, 2.05) is 24.4 Å². The zero-order chi connectivity index (χ0) is 16.5. The number of aromatic nitrogens is 3. The topological polar surface area (TPSA) is 65.6 Å². The highest BCUT2D eigenvalue weighted by molar-refractivity contribution is 6.33. The van der Waals surface area contributed by atoms with E-state index < -0.39 is 0 Å². The number of rotatable bonds is 3. The Morgan fingerprint density at radius 1 is 1.25 bits per heavy atom. The fourth-order valence-electron chi connectivity index (χ4n) is 3.20. The molecule has 3 N–H and O–H groups in total. The number of anilines is 1. The van der Waals surface area contributed by atoms with Gasteiger partial charge in [0.25, 0.3) is 0 Å². The number of halogens is 1. The lowest BCUT2D eigenvalue weighted by atomic mass is 10.0. The molecule has 124 valence electrons. The van der Waals surface area contributed by atoms with Gasteiger partial charge in [-0.15, -0.1) is 0 Å². The predicted molar refractivity (Wildman–Crippen MR) is 98.4 cm³/mol. The Morgan fingerprint density at radius 3 is 2.96 bits per heavy atom. The van der Waals surface area contributed by atoms with Gasteiger partial charge >= 0.3 is 0 Å². The van der Waals surface area contributed by atoms with Gasteiger partial charge in [0.05, 0.1) is 16.9 Å². The van der Waals surface area contributed by atoms with Crippen LogP contribution in [0.2, 0.25) is 5.02 Å². The van der Waals surface area contributed by atoms with Gasteiger partial charge in [-0.3, -0.25) is 0 Å². The van der Waals surface area contributed by atoms with Crippen LogP contribution in [0.25, 0.3) is 22.2 Å². The third-order valence-corrected chi connectivity index (χ3v) is 4.86. The van der Waals surface area contributed by atoms with Gasteiger partial charge in [-0.05, 0) is 25.8 Å². The second-order valence-electron chi connectivity index (χ2n) is 6.37. The molecule has 2 atom stereocenters. The molecule has 6 heteroatoms. The fourth-order valence-corrected chi connectivity index (χ4v) is 3.39. The molecule has 1 saturated heterocycles. The van der Waals surface area contributed by atoms with Crippen LogP contribution in [0.4, 0.5) is 5.95 Å². The largest absolute Gasteiger partial charge is 0.360 e. The summed E-state index contributed by atoms with van der Waals surface area (Å²) in [5.74, 6) is 0.626. The summed E-state index contributed by atoms with van der Waals surface area (Å²) < 4.78 is 0.